The molecule has 0 saturated carbocycles. The standard InChI is InChI=1S/C19H11ClF6N8/c1-8-7-33-15(13-27-6-5-11(28-13)19(24,25)26)30-31-16(33)17-32-29-14(34(8)17)9-3-2-4-10(12(9)20)18(21,22)23/h2-6,8H,7H2,1H3/t8-/m0/s1. The minimum Gasteiger partial charge on any atom is -0.300 e. The summed E-state index contributed by atoms with van der Waals surface area (Å²) in [6.07, 6.45) is -8.37. The van der Waals surface area contributed by atoms with Crippen LogP contribution in [-0.4, -0.2) is 39.5 Å². The normalized spacial score (nSPS) is 15.8. The lowest BCUT2D eigenvalue weighted by Crippen LogP contribution is -2.23. The first-order valence-electron chi connectivity index (χ1n) is 9.62. The fraction of sp³-hybridized carbons (Fsp3) is 0.263. The van der Waals surface area contributed by atoms with E-state index in [1.807, 2.05) is 0 Å². The van der Waals surface area contributed by atoms with Gasteiger partial charge in [0.1, 0.15) is 5.69 Å². The average molecular weight is 501 g/mol. The van der Waals surface area contributed by atoms with Gasteiger partial charge in [0.2, 0.25) is 17.5 Å². The van der Waals surface area contributed by atoms with E-state index in [1.165, 1.54) is 16.7 Å². The zero-order chi connectivity index (χ0) is 24.4. The van der Waals surface area contributed by atoms with Gasteiger partial charge in [0.15, 0.2) is 11.6 Å². The fourth-order valence-corrected chi connectivity index (χ4v) is 4.06. The summed E-state index contributed by atoms with van der Waals surface area (Å²) in [6.45, 7) is 1.88. The molecule has 176 valence electrons. The molecular weight excluding hydrogens is 490 g/mol. The van der Waals surface area contributed by atoms with Crippen molar-refractivity contribution in [3.63, 3.8) is 0 Å². The first-order valence-corrected chi connectivity index (χ1v) is 9.99. The number of hydrogen-bond donors (Lipinski definition) is 0. The van der Waals surface area contributed by atoms with Crippen LogP contribution in [0.3, 0.4) is 0 Å². The van der Waals surface area contributed by atoms with Crippen LogP contribution >= 0.6 is 11.6 Å². The molecule has 1 aliphatic heterocycles. The van der Waals surface area contributed by atoms with E-state index in [4.69, 9.17) is 11.6 Å². The van der Waals surface area contributed by atoms with E-state index in [9.17, 15) is 26.3 Å². The molecule has 8 nitrogen and oxygen atoms in total. The van der Waals surface area contributed by atoms with Crippen molar-refractivity contribution in [2.75, 3.05) is 0 Å². The molecule has 15 heteroatoms. The molecule has 5 rings (SSSR count). The highest BCUT2D eigenvalue weighted by atomic mass is 35.5. The largest absolute Gasteiger partial charge is 0.433 e. The molecule has 0 N–H and O–H groups in total. The van der Waals surface area contributed by atoms with Gasteiger partial charge in [-0.15, -0.1) is 20.4 Å². The molecule has 0 radical (unpaired) electrons. The number of nitrogens with zero attached hydrogens (tertiary/aromatic N) is 8. The molecule has 4 heterocycles. The topological polar surface area (TPSA) is 87.2 Å². The Bertz CT molecular complexity index is 1410. The lowest BCUT2D eigenvalue weighted by molar-refractivity contribution is -0.141. The number of aromatic nitrogens is 8. The molecule has 4 aromatic rings. The molecule has 0 spiro atoms. The molecule has 0 saturated heterocycles. The van der Waals surface area contributed by atoms with Crippen molar-refractivity contribution < 1.29 is 26.3 Å². The Balaban J connectivity index is 1.62. The molecule has 0 fully saturated rings. The van der Waals surface area contributed by atoms with Crippen molar-refractivity contribution in [2.45, 2.75) is 31.9 Å². The number of halogens is 7. The van der Waals surface area contributed by atoms with Crippen molar-refractivity contribution in [1.82, 2.24) is 39.5 Å². The lowest BCUT2D eigenvalue weighted by atomic mass is 10.1. The van der Waals surface area contributed by atoms with Gasteiger partial charge in [-0.25, -0.2) is 9.97 Å². The quantitative estimate of drug-likeness (QED) is 0.363. The summed E-state index contributed by atoms with van der Waals surface area (Å²) >= 11 is 6.07. The molecule has 1 atom stereocenters. The Morgan fingerprint density at radius 1 is 0.882 bits per heavy atom. The first-order chi connectivity index (χ1) is 16.0. The molecule has 1 aliphatic rings. The van der Waals surface area contributed by atoms with Gasteiger partial charge in [-0.1, -0.05) is 17.7 Å². The number of alkyl halides is 6. The van der Waals surface area contributed by atoms with Crippen LogP contribution in [-0.2, 0) is 18.9 Å². The second kappa shape index (κ2) is 7.48. The third-order valence-electron chi connectivity index (χ3n) is 5.23. The highest BCUT2D eigenvalue weighted by Crippen LogP contribution is 2.42. The Morgan fingerprint density at radius 2 is 1.56 bits per heavy atom. The van der Waals surface area contributed by atoms with E-state index >= 15 is 0 Å². The third-order valence-corrected chi connectivity index (χ3v) is 5.63. The Labute approximate surface area is 191 Å². The number of hydrogen-bond acceptors (Lipinski definition) is 6. The smallest absolute Gasteiger partial charge is 0.300 e. The zero-order valence-corrected chi connectivity index (χ0v) is 17.7. The highest BCUT2D eigenvalue weighted by molar-refractivity contribution is 6.34. The predicted molar refractivity (Wildman–Crippen MR) is 105 cm³/mol. The predicted octanol–water partition coefficient (Wildman–Crippen LogP) is 4.93. The fourth-order valence-electron chi connectivity index (χ4n) is 3.75. The highest BCUT2D eigenvalue weighted by Gasteiger charge is 2.37. The van der Waals surface area contributed by atoms with E-state index in [2.05, 4.69) is 30.4 Å². The Morgan fingerprint density at radius 3 is 2.26 bits per heavy atom. The summed E-state index contributed by atoms with van der Waals surface area (Å²) in [5, 5.41) is 15.5. The summed E-state index contributed by atoms with van der Waals surface area (Å²) in [4.78, 5) is 7.43. The van der Waals surface area contributed by atoms with Crippen molar-refractivity contribution in [3.8, 4) is 34.7 Å². The molecule has 1 aromatic carbocycles. The SMILES string of the molecule is C[C@H]1Cn2c(-c3nccc(C(F)(F)F)n3)nnc2-c2nnc(-c3cccc(C(F)(F)F)c3Cl)n21. The van der Waals surface area contributed by atoms with Gasteiger partial charge in [-0.2, -0.15) is 26.3 Å². The van der Waals surface area contributed by atoms with E-state index < -0.39 is 34.7 Å². The molecule has 0 bridgehead atoms. The van der Waals surface area contributed by atoms with Gasteiger partial charge in [0.05, 0.1) is 16.6 Å². The molecule has 0 aliphatic carbocycles. The van der Waals surface area contributed by atoms with Crippen molar-refractivity contribution in [1.29, 1.82) is 0 Å². The van der Waals surface area contributed by atoms with Crippen LogP contribution in [0.15, 0.2) is 30.5 Å². The summed E-state index contributed by atoms with van der Waals surface area (Å²) < 4.78 is 82.2. The maximum absolute atomic E-state index is 13.3. The second-order valence-corrected chi connectivity index (χ2v) is 7.83. The Hall–Kier alpha value is -3.55. The van der Waals surface area contributed by atoms with E-state index in [-0.39, 0.29) is 41.2 Å². The van der Waals surface area contributed by atoms with Gasteiger partial charge < -0.3 is 0 Å². The lowest BCUT2D eigenvalue weighted by Gasteiger charge is -2.25. The van der Waals surface area contributed by atoms with Crippen LogP contribution in [0.1, 0.15) is 24.2 Å². The van der Waals surface area contributed by atoms with Crippen LogP contribution in [0.4, 0.5) is 26.3 Å². The van der Waals surface area contributed by atoms with E-state index in [1.54, 1.807) is 11.5 Å². The maximum Gasteiger partial charge on any atom is 0.433 e. The molecular formula is C19H11ClF6N8. The molecule has 3 aromatic heterocycles. The number of rotatable bonds is 2. The van der Waals surface area contributed by atoms with Gasteiger partial charge in [-0.3, -0.25) is 9.13 Å². The van der Waals surface area contributed by atoms with Crippen LogP contribution in [0.25, 0.3) is 34.7 Å². The number of benzene rings is 1. The van der Waals surface area contributed by atoms with Crippen molar-refractivity contribution >= 4 is 11.6 Å². The minimum absolute atomic E-state index is 0.0131. The van der Waals surface area contributed by atoms with Crippen molar-refractivity contribution in [2.24, 2.45) is 0 Å². The molecule has 0 amide bonds. The summed E-state index contributed by atoms with van der Waals surface area (Å²) in [5.74, 6) is 0.101. The summed E-state index contributed by atoms with van der Waals surface area (Å²) in [7, 11) is 0. The Kier molecular flexibility index (Phi) is 4.90. The monoisotopic (exact) mass is 500 g/mol. The third kappa shape index (κ3) is 3.48. The van der Waals surface area contributed by atoms with Crippen LogP contribution in [0.2, 0.25) is 5.02 Å². The van der Waals surface area contributed by atoms with Crippen molar-refractivity contribution in [3.05, 3.63) is 46.7 Å². The molecule has 0 unspecified atom stereocenters. The van der Waals surface area contributed by atoms with Gasteiger partial charge in [-0.05, 0) is 25.1 Å². The van der Waals surface area contributed by atoms with E-state index in [0.717, 1.165) is 18.3 Å². The van der Waals surface area contributed by atoms with Gasteiger partial charge in [0, 0.05) is 18.3 Å². The summed E-state index contributed by atoms with van der Waals surface area (Å²) in [6, 6.07) is 3.76. The molecule has 34 heavy (non-hydrogen) atoms. The van der Waals surface area contributed by atoms with Gasteiger partial charge >= 0.3 is 12.4 Å². The average Bonchev–Trinajstić information content (AvgIpc) is 3.37. The number of fused-ring (bicyclic) bond motifs is 3. The van der Waals surface area contributed by atoms with E-state index in [0.29, 0.717) is 0 Å². The van der Waals surface area contributed by atoms with Crippen LogP contribution in [0.5, 0.6) is 0 Å². The summed E-state index contributed by atoms with van der Waals surface area (Å²) in [5.41, 5.74) is -2.13. The zero-order valence-electron chi connectivity index (χ0n) is 16.9. The second-order valence-electron chi connectivity index (χ2n) is 7.45. The maximum atomic E-state index is 13.3. The first kappa shape index (κ1) is 22.3. The van der Waals surface area contributed by atoms with Crippen LogP contribution < -0.4 is 0 Å². The minimum atomic E-state index is -4.67. The van der Waals surface area contributed by atoms with Crippen LogP contribution in [0, 0.1) is 0 Å². The van der Waals surface area contributed by atoms with Gasteiger partial charge in [0.25, 0.3) is 0 Å².